The quantitative estimate of drug-likeness (QED) is 0.625. The van der Waals surface area contributed by atoms with Crippen LogP contribution in [0.15, 0.2) is 30.3 Å². The summed E-state index contributed by atoms with van der Waals surface area (Å²) < 4.78 is 0. The van der Waals surface area contributed by atoms with Crippen LogP contribution < -0.4 is 5.32 Å². The third-order valence-electron chi connectivity index (χ3n) is 4.01. The van der Waals surface area contributed by atoms with Crippen LogP contribution in [0.2, 0.25) is 0 Å². The fourth-order valence-electron chi connectivity index (χ4n) is 2.21. The highest BCUT2D eigenvalue weighted by molar-refractivity contribution is 6.44. The number of amides is 5. The molecule has 0 aliphatic carbocycles. The lowest BCUT2D eigenvalue weighted by Gasteiger charge is -2.19. The molecule has 0 aromatic heterocycles. The van der Waals surface area contributed by atoms with Crippen LogP contribution in [0.3, 0.4) is 0 Å². The van der Waals surface area contributed by atoms with Gasteiger partial charge in [-0.2, -0.15) is 0 Å². The van der Waals surface area contributed by atoms with E-state index in [1.807, 2.05) is 26.8 Å². The summed E-state index contributed by atoms with van der Waals surface area (Å²) in [6, 6.07) is 8.02. The molecule has 0 spiro atoms. The van der Waals surface area contributed by atoms with Crippen LogP contribution in [0.1, 0.15) is 26.3 Å². The molecule has 1 N–H and O–H groups in total. The van der Waals surface area contributed by atoms with Gasteiger partial charge in [-0.15, -0.1) is 0 Å². The van der Waals surface area contributed by atoms with Gasteiger partial charge in [0.05, 0.1) is 6.54 Å². The highest BCUT2D eigenvalue weighted by Gasteiger charge is 2.45. The van der Waals surface area contributed by atoms with Crippen molar-refractivity contribution in [2.75, 3.05) is 6.54 Å². The number of hydrogen-bond donors (Lipinski definition) is 1. The number of nitrogens with one attached hydrogen (secondary N) is 1. The lowest BCUT2D eigenvalue weighted by Crippen LogP contribution is -2.45. The summed E-state index contributed by atoms with van der Waals surface area (Å²) in [4.78, 5) is 49.9. The molecule has 128 valence electrons. The Labute approximate surface area is 140 Å². The molecule has 1 aromatic rings. The maximum absolute atomic E-state index is 12.3. The molecule has 1 atom stereocenters. The van der Waals surface area contributed by atoms with E-state index < -0.39 is 30.3 Å². The van der Waals surface area contributed by atoms with Crippen molar-refractivity contribution in [3.05, 3.63) is 35.9 Å². The van der Waals surface area contributed by atoms with Crippen LogP contribution in [0, 0.1) is 5.92 Å². The predicted molar refractivity (Wildman–Crippen MR) is 86.5 cm³/mol. The maximum Gasteiger partial charge on any atom is 0.335 e. The Morgan fingerprint density at radius 2 is 1.58 bits per heavy atom. The van der Waals surface area contributed by atoms with Gasteiger partial charge in [0.25, 0.3) is 0 Å². The SMILES string of the molecule is CC(C)[C@H](C)NC(=O)CN1C(=O)C(=O)N(Cc2ccccc2)C1=O. The zero-order valence-corrected chi connectivity index (χ0v) is 14.0. The molecule has 1 heterocycles. The van der Waals surface area contributed by atoms with E-state index in [2.05, 4.69) is 5.32 Å². The van der Waals surface area contributed by atoms with E-state index in [-0.39, 0.29) is 18.5 Å². The number of rotatable bonds is 6. The average molecular weight is 331 g/mol. The minimum Gasteiger partial charge on any atom is -0.352 e. The van der Waals surface area contributed by atoms with E-state index >= 15 is 0 Å². The molecule has 1 fully saturated rings. The summed E-state index contributed by atoms with van der Waals surface area (Å²) in [5.41, 5.74) is 0.728. The molecule has 1 aliphatic heterocycles. The second-order valence-electron chi connectivity index (χ2n) is 6.15. The lowest BCUT2D eigenvalue weighted by molar-refractivity contribution is -0.144. The third kappa shape index (κ3) is 3.79. The minimum absolute atomic E-state index is 0.00472. The van der Waals surface area contributed by atoms with Crippen LogP contribution in [-0.4, -0.2) is 46.1 Å². The molecule has 24 heavy (non-hydrogen) atoms. The van der Waals surface area contributed by atoms with Crippen molar-refractivity contribution in [1.29, 1.82) is 0 Å². The van der Waals surface area contributed by atoms with Crippen LogP contribution >= 0.6 is 0 Å². The average Bonchev–Trinajstić information content (AvgIpc) is 2.73. The van der Waals surface area contributed by atoms with Gasteiger partial charge >= 0.3 is 17.8 Å². The van der Waals surface area contributed by atoms with E-state index in [0.717, 1.165) is 10.5 Å². The Balaban J connectivity index is 2.04. The smallest absolute Gasteiger partial charge is 0.335 e. The topological polar surface area (TPSA) is 86.8 Å². The van der Waals surface area contributed by atoms with Crippen LogP contribution in [-0.2, 0) is 20.9 Å². The van der Waals surface area contributed by atoms with Crippen molar-refractivity contribution in [3.63, 3.8) is 0 Å². The normalized spacial score (nSPS) is 16.1. The summed E-state index contributed by atoms with van der Waals surface area (Å²) in [6.45, 7) is 5.28. The zero-order valence-electron chi connectivity index (χ0n) is 14.0. The highest BCUT2D eigenvalue weighted by Crippen LogP contribution is 2.15. The second kappa shape index (κ2) is 7.25. The van der Waals surface area contributed by atoms with Crippen LogP contribution in [0.25, 0.3) is 0 Å². The van der Waals surface area contributed by atoms with Crippen molar-refractivity contribution in [3.8, 4) is 0 Å². The summed E-state index contributed by atoms with van der Waals surface area (Å²) in [5.74, 6) is -2.13. The third-order valence-corrected chi connectivity index (χ3v) is 4.01. The monoisotopic (exact) mass is 331 g/mol. The Bertz CT molecular complexity index is 657. The molecule has 1 saturated heterocycles. The first-order valence-corrected chi connectivity index (χ1v) is 7.82. The first kappa shape index (κ1) is 17.7. The van der Waals surface area contributed by atoms with E-state index in [9.17, 15) is 19.2 Å². The molecule has 0 unspecified atom stereocenters. The van der Waals surface area contributed by atoms with Crippen LogP contribution in [0.4, 0.5) is 4.79 Å². The molecule has 1 aromatic carbocycles. The summed E-state index contributed by atoms with van der Waals surface area (Å²) in [5, 5.41) is 2.71. The number of carbonyl (C=O) groups is 4. The van der Waals surface area contributed by atoms with Gasteiger partial charge in [-0.3, -0.25) is 19.3 Å². The van der Waals surface area contributed by atoms with Gasteiger partial charge < -0.3 is 5.32 Å². The summed E-state index contributed by atoms with van der Waals surface area (Å²) in [6.07, 6.45) is 0. The molecular weight excluding hydrogens is 310 g/mol. The Morgan fingerprint density at radius 1 is 1.00 bits per heavy atom. The molecular formula is C17H21N3O4. The van der Waals surface area contributed by atoms with Crippen molar-refractivity contribution in [2.45, 2.75) is 33.4 Å². The fraction of sp³-hybridized carbons (Fsp3) is 0.412. The van der Waals surface area contributed by atoms with Gasteiger partial charge in [0.1, 0.15) is 6.54 Å². The first-order valence-electron chi connectivity index (χ1n) is 7.82. The molecule has 7 heteroatoms. The number of benzene rings is 1. The number of hydrogen-bond acceptors (Lipinski definition) is 4. The molecule has 1 aliphatic rings. The molecule has 0 radical (unpaired) electrons. The molecule has 7 nitrogen and oxygen atoms in total. The minimum atomic E-state index is -0.969. The Hall–Kier alpha value is -2.70. The van der Waals surface area contributed by atoms with Gasteiger partial charge in [-0.05, 0) is 18.4 Å². The maximum atomic E-state index is 12.3. The lowest BCUT2D eigenvalue weighted by atomic mass is 10.1. The first-order chi connectivity index (χ1) is 11.3. The highest BCUT2D eigenvalue weighted by atomic mass is 16.2. The zero-order chi connectivity index (χ0) is 17.9. The molecule has 5 amide bonds. The van der Waals surface area contributed by atoms with Crippen LogP contribution in [0.5, 0.6) is 0 Å². The van der Waals surface area contributed by atoms with Gasteiger partial charge in [0, 0.05) is 6.04 Å². The standard InChI is InChI=1S/C17H21N3O4/c1-11(2)12(3)18-14(21)10-20-16(23)15(22)19(17(20)24)9-13-7-5-4-6-8-13/h4-8,11-12H,9-10H2,1-3H3,(H,18,21)/t12-/m0/s1. The Morgan fingerprint density at radius 3 is 2.17 bits per heavy atom. The van der Waals surface area contributed by atoms with Crippen molar-refractivity contribution >= 4 is 23.8 Å². The van der Waals surface area contributed by atoms with E-state index in [4.69, 9.17) is 0 Å². The molecule has 2 rings (SSSR count). The van der Waals surface area contributed by atoms with Crippen molar-refractivity contribution in [2.24, 2.45) is 5.92 Å². The molecule has 0 bridgehead atoms. The van der Waals surface area contributed by atoms with Crippen molar-refractivity contribution in [1.82, 2.24) is 15.1 Å². The van der Waals surface area contributed by atoms with Crippen molar-refractivity contribution < 1.29 is 19.2 Å². The van der Waals surface area contributed by atoms with E-state index in [1.54, 1.807) is 24.3 Å². The van der Waals surface area contributed by atoms with E-state index in [1.165, 1.54) is 0 Å². The number of imide groups is 2. The van der Waals surface area contributed by atoms with Gasteiger partial charge in [-0.25, -0.2) is 9.69 Å². The van der Waals surface area contributed by atoms with Gasteiger partial charge in [0.15, 0.2) is 0 Å². The van der Waals surface area contributed by atoms with E-state index in [0.29, 0.717) is 4.90 Å². The number of urea groups is 1. The largest absolute Gasteiger partial charge is 0.352 e. The second-order valence-corrected chi connectivity index (χ2v) is 6.15. The number of carbonyl (C=O) groups excluding carboxylic acids is 4. The van der Waals surface area contributed by atoms with Gasteiger partial charge in [-0.1, -0.05) is 44.2 Å². The summed E-state index contributed by atoms with van der Waals surface area (Å²) >= 11 is 0. The molecule has 0 saturated carbocycles. The fourth-order valence-corrected chi connectivity index (χ4v) is 2.21. The summed E-state index contributed by atoms with van der Waals surface area (Å²) in [7, 11) is 0. The number of nitrogens with zero attached hydrogens (tertiary/aromatic N) is 2. The predicted octanol–water partition coefficient (Wildman–Crippen LogP) is 1.14. The van der Waals surface area contributed by atoms with Gasteiger partial charge in [0.2, 0.25) is 5.91 Å². The Kier molecular flexibility index (Phi) is 5.33.